The molecule has 0 unspecified atom stereocenters. The second-order valence-corrected chi connectivity index (χ2v) is 3.92. The van der Waals surface area contributed by atoms with Crippen LogP contribution >= 0.6 is 15.9 Å². The van der Waals surface area contributed by atoms with Gasteiger partial charge < -0.3 is 4.90 Å². The molecule has 0 amide bonds. The van der Waals surface area contributed by atoms with Crippen molar-refractivity contribution in [3.63, 3.8) is 0 Å². The van der Waals surface area contributed by atoms with Gasteiger partial charge in [0.05, 0.1) is 0 Å². The number of hydrogen-bond acceptors (Lipinski definition) is 1. The van der Waals surface area contributed by atoms with Crippen LogP contribution in [0.5, 0.6) is 0 Å². The predicted molar refractivity (Wildman–Crippen MR) is 60.1 cm³/mol. The fourth-order valence-electron chi connectivity index (χ4n) is 1.32. The minimum atomic E-state index is 1.16. The average Bonchev–Trinajstić information content (AvgIpc) is 2.11. The van der Waals surface area contributed by atoms with Crippen molar-refractivity contribution in [2.45, 2.75) is 39.5 Å². The van der Waals surface area contributed by atoms with E-state index in [4.69, 9.17) is 0 Å². The Morgan fingerprint density at radius 1 is 0.917 bits per heavy atom. The maximum atomic E-state index is 3.45. The minimum Gasteiger partial charge on any atom is -0.304 e. The van der Waals surface area contributed by atoms with E-state index >= 15 is 0 Å². The van der Waals surface area contributed by atoms with Crippen LogP contribution in [-0.4, -0.2) is 29.9 Å². The highest BCUT2D eigenvalue weighted by Gasteiger charge is 1.97. The lowest BCUT2D eigenvalue weighted by molar-refractivity contribution is 0.296. The third-order valence-corrected chi connectivity index (χ3v) is 2.81. The molecule has 0 saturated carbocycles. The number of nitrogens with zero attached hydrogens (tertiary/aromatic N) is 1. The zero-order chi connectivity index (χ0) is 9.23. The molecule has 0 radical (unpaired) electrons. The summed E-state index contributed by atoms with van der Waals surface area (Å²) in [6, 6.07) is 0. The molecule has 12 heavy (non-hydrogen) atoms. The van der Waals surface area contributed by atoms with Gasteiger partial charge in [-0.2, -0.15) is 0 Å². The van der Waals surface area contributed by atoms with Crippen LogP contribution in [0.4, 0.5) is 0 Å². The number of halogens is 1. The molecule has 0 bridgehead atoms. The van der Waals surface area contributed by atoms with Crippen LogP contribution in [-0.2, 0) is 0 Å². The SMILES string of the molecule is CCN(CC)CCCCCCBr. The van der Waals surface area contributed by atoms with E-state index in [-0.39, 0.29) is 0 Å². The Balaban J connectivity index is 3.06. The van der Waals surface area contributed by atoms with Gasteiger partial charge in [-0.1, -0.05) is 42.6 Å². The molecule has 74 valence electrons. The second-order valence-electron chi connectivity index (χ2n) is 3.13. The molecule has 0 aromatic carbocycles. The van der Waals surface area contributed by atoms with E-state index in [1.165, 1.54) is 45.3 Å². The van der Waals surface area contributed by atoms with Gasteiger partial charge in [-0.05, 0) is 32.5 Å². The van der Waals surface area contributed by atoms with Crippen molar-refractivity contribution in [1.82, 2.24) is 4.90 Å². The highest BCUT2D eigenvalue weighted by molar-refractivity contribution is 9.09. The van der Waals surface area contributed by atoms with Crippen LogP contribution < -0.4 is 0 Å². The van der Waals surface area contributed by atoms with Crippen molar-refractivity contribution in [2.24, 2.45) is 0 Å². The van der Waals surface area contributed by atoms with Gasteiger partial charge in [0.15, 0.2) is 0 Å². The van der Waals surface area contributed by atoms with Gasteiger partial charge in [-0.25, -0.2) is 0 Å². The summed E-state index contributed by atoms with van der Waals surface area (Å²) in [5.74, 6) is 0. The van der Waals surface area contributed by atoms with Gasteiger partial charge in [0, 0.05) is 5.33 Å². The summed E-state index contributed by atoms with van der Waals surface area (Å²) in [5.41, 5.74) is 0. The number of alkyl halides is 1. The molecule has 0 aliphatic heterocycles. The monoisotopic (exact) mass is 235 g/mol. The van der Waals surface area contributed by atoms with Crippen LogP contribution in [0.2, 0.25) is 0 Å². The van der Waals surface area contributed by atoms with E-state index in [2.05, 4.69) is 34.7 Å². The van der Waals surface area contributed by atoms with Gasteiger partial charge in [0.2, 0.25) is 0 Å². The molecule has 0 heterocycles. The van der Waals surface area contributed by atoms with Crippen molar-refractivity contribution < 1.29 is 0 Å². The molecule has 0 aliphatic rings. The summed E-state index contributed by atoms with van der Waals surface area (Å²) in [5, 5.41) is 1.16. The van der Waals surface area contributed by atoms with Crippen molar-refractivity contribution in [3.05, 3.63) is 0 Å². The normalized spacial score (nSPS) is 11.0. The maximum Gasteiger partial charge on any atom is 0.00313 e. The van der Waals surface area contributed by atoms with Crippen LogP contribution in [0, 0.1) is 0 Å². The van der Waals surface area contributed by atoms with E-state index in [0.29, 0.717) is 0 Å². The zero-order valence-electron chi connectivity index (χ0n) is 8.48. The van der Waals surface area contributed by atoms with E-state index in [0.717, 1.165) is 5.33 Å². The highest BCUT2D eigenvalue weighted by atomic mass is 79.9. The Bertz CT molecular complexity index is 81.9. The van der Waals surface area contributed by atoms with Gasteiger partial charge in [0.25, 0.3) is 0 Å². The van der Waals surface area contributed by atoms with E-state index in [1.54, 1.807) is 0 Å². The lowest BCUT2D eigenvalue weighted by Crippen LogP contribution is -2.23. The quantitative estimate of drug-likeness (QED) is 0.461. The summed E-state index contributed by atoms with van der Waals surface area (Å²) in [6.07, 6.45) is 5.47. The number of unbranched alkanes of at least 4 members (excludes halogenated alkanes) is 3. The van der Waals surface area contributed by atoms with Crippen LogP contribution in [0.25, 0.3) is 0 Å². The first-order chi connectivity index (χ1) is 5.85. The zero-order valence-corrected chi connectivity index (χ0v) is 10.1. The Kier molecular flexibility index (Phi) is 9.88. The lowest BCUT2D eigenvalue weighted by atomic mass is 10.2. The Labute approximate surface area is 85.7 Å². The van der Waals surface area contributed by atoms with Gasteiger partial charge in [0.1, 0.15) is 0 Å². The summed E-state index contributed by atoms with van der Waals surface area (Å²) in [4.78, 5) is 2.49. The molecule has 0 atom stereocenters. The predicted octanol–water partition coefficient (Wildman–Crippen LogP) is 3.28. The summed E-state index contributed by atoms with van der Waals surface area (Å²) in [6.45, 7) is 8.17. The molecule has 0 rings (SSSR count). The first-order valence-electron chi connectivity index (χ1n) is 5.13. The number of hydrogen-bond donors (Lipinski definition) is 0. The van der Waals surface area contributed by atoms with E-state index in [9.17, 15) is 0 Å². The second kappa shape index (κ2) is 9.53. The number of rotatable bonds is 8. The molecular weight excluding hydrogens is 214 g/mol. The molecule has 0 aliphatic carbocycles. The first kappa shape index (κ1) is 12.4. The van der Waals surface area contributed by atoms with Crippen molar-refractivity contribution >= 4 is 15.9 Å². The summed E-state index contributed by atoms with van der Waals surface area (Å²) < 4.78 is 0. The Morgan fingerprint density at radius 2 is 1.50 bits per heavy atom. The summed E-state index contributed by atoms with van der Waals surface area (Å²) in [7, 11) is 0. The fraction of sp³-hybridized carbons (Fsp3) is 1.00. The van der Waals surface area contributed by atoms with Gasteiger partial charge >= 0.3 is 0 Å². The molecule has 0 aromatic heterocycles. The topological polar surface area (TPSA) is 3.24 Å². The van der Waals surface area contributed by atoms with Crippen molar-refractivity contribution in [1.29, 1.82) is 0 Å². The molecule has 2 heteroatoms. The summed E-state index contributed by atoms with van der Waals surface area (Å²) >= 11 is 3.45. The Hall–Kier alpha value is 0.440. The average molecular weight is 236 g/mol. The highest BCUT2D eigenvalue weighted by Crippen LogP contribution is 2.03. The molecule has 0 aromatic rings. The van der Waals surface area contributed by atoms with Crippen LogP contribution in [0.1, 0.15) is 39.5 Å². The molecule has 0 spiro atoms. The molecule has 0 saturated heterocycles. The molecular formula is C10H22BrN. The molecule has 0 fully saturated rings. The van der Waals surface area contributed by atoms with Crippen molar-refractivity contribution in [2.75, 3.05) is 25.0 Å². The van der Waals surface area contributed by atoms with Crippen LogP contribution in [0.15, 0.2) is 0 Å². The largest absolute Gasteiger partial charge is 0.304 e. The van der Waals surface area contributed by atoms with Gasteiger partial charge in [-0.3, -0.25) is 0 Å². The first-order valence-corrected chi connectivity index (χ1v) is 6.25. The maximum absolute atomic E-state index is 3.45. The van der Waals surface area contributed by atoms with E-state index < -0.39 is 0 Å². The minimum absolute atomic E-state index is 1.16. The third-order valence-electron chi connectivity index (χ3n) is 2.25. The van der Waals surface area contributed by atoms with Gasteiger partial charge in [-0.15, -0.1) is 0 Å². The standard InChI is InChI=1S/C10H22BrN/c1-3-12(4-2)10-8-6-5-7-9-11/h3-10H2,1-2H3. The third kappa shape index (κ3) is 7.11. The smallest absolute Gasteiger partial charge is 0.00313 e. The van der Waals surface area contributed by atoms with Crippen LogP contribution in [0.3, 0.4) is 0 Å². The lowest BCUT2D eigenvalue weighted by Gasteiger charge is -2.17. The molecule has 0 N–H and O–H groups in total. The van der Waals surface area contributed by atoms with E-state index in [1.807, 2.05) is 0 Å². The molecule has 1 nitrogen and oxygen atoms in total. The fourth-order valence-corrected chi connectivity index (χ4v) is 1.72. The Morgan fingerprint density at radius 3 is 2.00 bits per heavy atom. The van der Waals surface area contributed by atoms with Crippen molar-refractivity contribution in [3.8, 4) is 0 Å².